The number of carbonyl (C=O) groups is 1. The van der Waals surface area contributed by atoms with Crippen LogP contribution in [-0.2, 0) is 12.3 Å². The van der Waals surface area contributed by atoms with Crippen molar-refractivity contribution in [3.63, 3.8) is 0 Å². The van der Waals surface area contributed by atoms with E-state index in [1.807, 2.05) is 6.07 Å². The lowest BCUT2D eigenvalue weighted by atomic mass is 10.2. The van der Waals surface area contributed by atoms with Crippen LogP contribution in [0.1, 0.15) is 21.6 Å². The molecule has 1 aliphatic rings. The van der Waals surface area contributed by atoms with Crippen LogP contribution in [0.2, 0.25) is 5.02 Å². The number of halogens is 2. The molecule has 0 atom stereocenters. The van der Waals surface area contributed by atoms with Crippen LogP contribution in [0.15, 0.2) is 53.8 Å². The molecule has 0 unspecified atom stereocenters. The molecule has 0 radical (unpaired) electrons. The number of nitrogens with zero attached hydrogens (tertiary/aromatic N) is 2. The Morgan fingerprint density at radius 3 is 2.90 bits per heavy atom. The SMILES string of the molecule is O=C(NCc1ccc2c(c1)OCO2)c1nc(SCc2ccccc2F)ncc1Cl. The highest BCUT2D eigenvalue weighted by atomic mass is 35.5. The van der Waals surface area contributed by atoms with Gasteiger partial charge >= 0.3 is 0 Å². The first-order valence-corrected chi connectivity index (χ1v) is 10.0. The summed E-state index contributed by atoms with van der Waals surface area (Å²) in [5.41, 5.74) is 1.45. The number of thioether (sulfide) groups is 1. The minimum Gasteiger partial charge on any atom is -0.454 e. The number of rotatable bonds is 6. The zero-order valence-electron chi connectivity index (χ0n) is 15.0. The number of ether oxygens (including phenoxy) is 2. The molecule has 9 heteroatoms. The Balaban J connectivity index is 1.41. The summed E-state index contributed by atoms with van der Waals surface area (Å²) >= 11 is 7.32. The number of amides is 1. The molecule has 4 rings (SSSR count). The number of nitrogens with one attached hydrogen (secondary N) is 1. The second-order valence-electron chi connectivity index (χ2n) is 6.10. The predicted molar refractivity (Wildman–Crippen MR) is 107 cm³/mol. The minimum atomic E-state index is -0.428. The number of fused-ring (bicyclic) bond motifs is 1. The summed E-state index contributed by atoms with van der Waals surface area (Å²) in [6, 6.07) is 11.9. The van der Waals surface area contributed by atoms with Gasteiger partial charge in [0, 0.05) is 12.3 Å². The molecule has 3 aromatic rings. The van der Waals surface area contributed by atoms with E-state index in [4.69, 9.17) is 21.1 Å². The lowest BCUT2D eigenvalue weighted by molar-refractivity contribution is 0.0945. The number of hydrogen-bond acceptors (Lipinski definition) is 6. The molecule has 0 spiro atoms. The third-order valence-electron chi connectivity index (χ3n) is 4.14. The fourth-order valence-electron chi connectivity index (χ4n) is 2.65. The van der Waals surface area contributed by atoms with E-state index >= 15 is 0 Å². The first kappa shape index (κ1) is 19.5. The monoisotopic (exact) mass is 431 g/mol. The van der Waals surface area contributed by atoms with E-state index < -0.39 is 5.91 Å². The van der Waals surface area contributed by atoms with Gasteiger partial charge in [0.15, 0.2) is 22.3 Å². The van der Waals surface area contributed by atoms with Crippen LogP contribution in [-0.4, -0.2) is 22.7 Å². The molecule has 0 bridgehead atoms. The summed E-state index contributed by atoms with van der Waals surface area (Å²) in [6.07, 6.45) is 1.37. The van der Waals surface area contributed by atoms with Gasteiger partial charge in [0.25, 0.3) is 5.91 Å². The molecule has 2 heterocycles. The van der Waals surface area contributed by atoms with E-state index in [2.05, 4.69) is 15.3 Å². The maximum atomic E-state index is 13.8. The maximum Gasteiger partial charge on any atom is 0.271 e. The van der Waals surface area contributed by atoms with Crippen molar-refractivity contribution in [1.29, 1.82) is 0 Å². The van der Waals surface area contributed by atoms with Crippen molar-refractivity contribution in [2.24, 2.45) is 0 Å². The molecule has 0 fully saturated rings. The molecule has 0 saturated carbocycles. The van der Waals surface area contributed by atoms with Gasteiger partial charge < -0.3 is 14.8 Å². The van der Waals surface area contributed by atoms with Gasteiger partial charge in [0.05, 0.1) is 11.2 Å². The fraction of sp³-hybridized carbons (Fsp3) is 0.150. The molecule has 1 amide bonds. The Hall–Kier alpha value is -2.84. The molecular formula is C20H15ClFN3O3S. The van der Waals surface area contributed by atoms with Gasteiger partial charge in [-0.15, -0.1) is 0 Å². The zero-order chi connectivity index (χ0) is 20.2. The van der Waals surface area contributed by atoms with Gasteiger partial charge in [-0.2, -0.15) is 0 Å². The molecule has 148 valence electrons. The van der Waals surface area contributed by atoms with Crippen LogP contribution in [0.25, 0.3) is 0 Å². The van der Waals surface area contributed by atoms with Crippen LogP contribution in [0.5, 0.6) is 11.5 Å². The lowest BCUT2D eigenvalue weighted by Gasteiger charge is -2.08. The molecule has 0 saturated heterocycles. The molecule has 2 aromatic carbocycles. The second kappa shape index (κ2) is 8.67. The fourth-order valence-corrected chi connectivity index (χ4v) is 3.63. The average molecular weight is 432 g/mol. The first-order valence-electron chi connectivity index (χ1n) is 8.65. The van der Waals surface area contributed by atoms with E-state index in [1.165, 1.54) is 24.0 Å². The Kier molecular flexibility index (Phi) is 5.82. The molecule has 29 heavy (non-hydrogen) atoms. The number of aromatic nitrogens is 2. The van der Waals surface area contributed by atoms with Gasteiger partial charge in [-0.25, -0.2) is 14.4 Å². The van der Waals surface area contributed by atoms with Crippen LogP contribution >= 0.6 is 23.4 Å². The van der Waals surface area contributed by atoms with Crippen molar-refractivity contribution < 1.29 is 18.7 Å². The molecule has 1 aromatic heterocycles. The topological polar surface area (TPSA) is 73.3 Å². The molecule has 0 aliphatic carbocycles. The van der Waals surface area contributed by atoms with Gasteiger partial charge in [0.2, 0.25) is 6.79 Å². The number of hydrogen-bond donors (Lipinski definition) is 1. The van der Waals surface area contributed by atoms with E-state index in [1.54, 1.807) is 30.3 Å². The lowest BCUT2D eigenvalue weighted by Crippen LogP contribution is -2.24. The van der Waals surface area contributed by atoms with Crippen molar-refractivity contribution in [1.82, 2.24) is 15.3 Å². The Morgan fingerprint density at radius 1 is 1.21 bits per heavy atom. The zero-order valence-corrected chi connectivity index (χ0v) is 16.6. The van der Waals surface area contributed by atoms with Crippen LogP contribution in [0.3, 0.4) is 0 Å². The third kappa shape index (κ3) is 4.60. The minimum absolute atomic E-state index is 0.0680. The standard InChI is InChI=1S/C20H15ClFN3O3S/c21-14-9-24-20(29-10-13-3-1-2-4-15(13)22)25-18(14)19(26)23-8-12-5-6-16-17(7-12)28-11-27-16/h1-7,9H,8,10-11H2,(H,23,26). The Bertz CT molecular complexity index is 1070. The highest BCUT2D eigenvalue weighted by Crippen LogP contribution is 2.32. The highest BCUT2D eigenvalue weighted by Gasteiger charge is 2.17. The summed E-state index contributed by atoms with van der Waals surface area (Å²) in [6.45, 7) is 0.461. The van der Waals surface area contributed by atoms with E-state index in [-0.39, 0.29) is 29.9 Å². The van der Waals surface area contributed by atoms with E-state index in [0.717, 1.165) is 5.56 Å². The maximum absolute atomic E-state index is 13.8. The summed E-state index contributed by atoms with van der Waals surface area (Å²) in [4.78, 5) is 20.9. The van der Waals surface area contributed by atoms with Crippen LogP contribution < -0.4 is 14.8 Å². The third-order valence-corrected chi connectivity index (χ3v) is 5.33. The van der Waals surface area contributed by atoms with Gasteiger partial charge in [0.1, 0.15) is 5.82 Å². The summed E-state index contributed by atoms with van der Waals surface area (Å²) in [7, 11) is 0. The predicted octanol–water partition coefficient (Wildman–Crippen LogP) is 4.22. The van der Waals surface area contributed by atoms with Crippen molar-refractivity contribution in [2.75, 3.05) is 6.79 Å². The van der Waals surface area contributed by atoms with E-state index in [9.17, 15) is 9.18 Å². The smallest absolute Gasteiger partial charge is 0.271 e. The van der Waals surface area contributed by atoms with Crippen LogP contribution in [0.4, 0.5) is 4.39 Å². The van der Waals surface area contributed by atoms with Crippen molar-refractivity contribution in [2.45, 2.75) is 17.5 Å². The quantitative estimate of drug-likeness (QED) is 0.465. The Labute approximate surface area is 175 Å². The number of benzene rings is 2. The summed E-state index contributed by atoms with van der Waals surface area (Å²) in [5, 5.41) is 3.26. The highest BCUT2D eigenvalue weighted by molar-refractivity contribution is 7.98. The van der Waals surface area contributed by atoms with Crippen LogP contribution in [0, 0.1) is 5.82 Å². The van der Waals surface area contributed by atoms with Gasteiger partial charge in [-0.05, 0) is 29.3 Å². The van der Waals surface area contributed by atoms with Crippen molar-refractivity contribution in [3.05, 3.63) is 76.3 Å². The molecule has 6 nitrogen and oxygen atoms in total. The summed E-state index contributed by atoms with van der Waals surface area (Å²) in [5.74, 6) is 0.935. The average Bonchev–Trinajstić information content (AvgIpc) is 3.20. The second-order valence-corrected chi connectivity index (χ2v) is 7.45. The normalized spacial score (nSPS) is 12.1. The van der Waals surface area contributed by atoms with Crippen molar-refractivity contribution >= 4 is 29.3 Å². The molecule has 1 aliphatic heterocycles. The summed E-state index contributed by atoms with van der Waals surface area (Å²) < 4.78 is 24.4. The molecule has 1 N–H and O–H groups in total. The van der Waals surface area contributed by atoms with Crippen molar-refractivity contribution in [3.8, 4) is 11.5 Å². The number of carbonyl (C=O) groups excluding carboxylic acids is 1. The molecular weight excluding hydrogens is 417 g/mol. The first-order chi connectivity index (χ1) is 14.1. The van der Waals surface area contributed by atoms with Gasteiger partial charge in [-0.1, -0.05) is 47.6 Å². The largest absolute Gasteiger partial charge is 0.454 e. The Morgan fingerprint density at radius 2 is 2.03 bits per heavy atom. The van der Waals surface area contributed by atoms with E-state index in [0.29, 0.717) is 28.0 Å². The van der Waals surface area contributed by atoms with Gasteiger partial charge in [-0.3, -0.25) is 4.79 Å².